The van der Waals surface area contributed by atoms with Crippen molar-refractivity contribution in [2.75, 3.05) is 7.11 Å². The largest absolute Gasteiger partial charge is 0.465 e. The average Bonchev–Trinajstić information content (AvgIpc) is 2.70. The molecule has 0 aliphatic rings. The van der Waals surface area contributed by atoms with Gasteiger partial charge in [-0.15, -0.1) is 0 Å². The molecule has 0 saturated carbocycles. The van der Waals surface area contributed by atoms with Crippen molar-refractivity contribution < 1.29 is 9.53 Å². The normalized spacial score (nSPS) is 10.8. The Morgan fingerprint density at radius 3 is 2.17 bits per heavy atom. The zero-order chi connectivity index (χ0) is 21.3. The topological polar surface area (TPSA) is 48.3 Å². The lowest BCUT2D eigenvalue weighted by Gasteiger charge is -2.22. The van der Waals surface area contributed by atoms with Gasteiger partial charge in [0.15, 0.2) is 0 Å². The molecule has 29 heavy (non-hydrogen) atoms. The van der Waals surface area contributed by atoms with Crippen molar-refractivity contribution in [2.45, 2.75) is 20.4 Å². The number of hydrogen-bond acceptors (Lipinski definition) is 3. The molecule has 0 unspecified atom stereocenters. The van der Waals surface area contributed by atoms with Gasteiger partial charge in [0.25, 0.3) is 0 Å². The zero-order valence-electron chi connectivity index (χ0n) is 16.1. The minimum absolute atomic E-state index is 0.0525. The second kappa shape index (κ2) is 8.62. The van der Waals surface area contributed by atoms with Crippen LogP contribution in [0.3, 0.4) is 0 Å². The van der Waals surface area contributed by atoms with Crippen LogP contribution in [0.25, 0.3) is 22.4 Å². The van der Waals surface area contributed by atoms with Crippen LogP contribution in [0.5, 0.6) is 0 Å². The molecule has 0 aliphatic heterocycles. The van der Waals surface area contributed by atoms with Crippen LogP contribution in [0.1, 0.15) is 23.0 Å². The summed E-state index contributed by atoms with van der Waals surface area (Å²) in [5.74, 6) is -0.714. The number of rotatable bonds is 4. The fourth-order valence-electron chi connectivity index (χ4n) is 3.42. The Kier molecular flexibility index (Phi) is 6.37. The van der Waals surface area contributed by atoms with E-state index in [1.807, 2.05) is 18.4 Å². The Hall–Kier alpha value is -2.27. The van der Waals surface area contributed by atoms with Gasteiger partial charge in [0.1, 0.15) is 5.56 Å². The van der Waals surface area contributed by atoms with E-state index in [9.17, 15) is 9.59 Å². The molecule has 0 radical (unpaired) electrons. The predicted octanol–water partition coefficient (Wildman–Crippen LogP) is 6.26. The number of halogens is 3. The van der Waals surface area contributed by atoms with Crippen molar-refractivity contribution in [3.05, 3.63) is 79.0 Å². The second-order valence-corrected chi connectivity index (χ2v) is 7.64. The molecule has 150 valence electrons. The molecule has 1 aromatic heterocycles. The zero-order valence-corrected chi connectivity index (χ0v) is 18.3. The molecule has 3 rings (SSSR count). The minimum Gasteiger partial charge on any atom is -0.465 e. The lowest BCUT2D eigenvalue weighted by atomic mass is 9.96. The summed E-state index contributed by atoms with van der Waals surface area (Å²) >= 11 is 18.2. The first-order chi connectivity index (χ1) is 13.8. The molecule has 0 bridgehead atoms. The van der Waals surface area contributed by atoms with Crippen molar-refractivity contribution in [3.8, 4) is 22.4 Å². The molecule has 0 fully saturated rings. The van der Waals surface area contributed by atoms with Gasteiger partial charge in [-0.3, -0.25) is 4.79 Å². The summed E-state index contributed by atoms with van der Waals surface area (Å²) in [6.45, 7) is 4.30. The van der Waals surface area contributed by atoms with Crippen LogP contribution < -0.4 is 5.43 Å². The van der Waals surface area contributed by atoms with Crippen molar-refractivity contribution in [1.29, 1.82) is 0 Å². The van der Waals surface area contributed by atoms with Gasteiger partial charge >= 0.3 is 5.97 Å². The molecule has 2 aromatic carbocycles. The summed E-state index contributed by atoms with van der Waals surface area (Å²) in [4.78, 5) is 26.2. The van der Waals surface area contributed by atoms with E-state index in [0.717, 1.165) is 0 Å². The summed E-state index contributed by atoms with van der Waals surface area (Å²) in [6, 6.07) is 11.9. The van der Waals surface area contributed by atoms with Gasteiger partial charge in [0.2, 0.25) is 5.43 Å². The van der Waals surface area contributed by atoms with Crippen molar-refractivity contribution >= 4 is 40.8 Å². The number of carbonyl (C=O) groups excluding carboxylic acids is 1. The maximum Gasteiger partial charge on any atom is 0.344 e. The number of methoxy groups -OCH3 is 1. The molecule has 0 N–H and O–H groups in total. The second-order valence-electron chi connectivity index (χ2n) is 6.38. The lowest BCUT2D eigenvalue weighted by molar-refractivity contribution is 0.0599. The first kappa shape index (κ1) is 21.4. The Balaban J connectivity index is 2.45. The third kappa shape index (κ3) is 3.93. The fourth-order valence-corrected chi connectivity index (χ4v) is 3.85. The summed E-state index contributed by atoms with van der Waals surface area (Å²) in [5.41, 5.74) is 2.39. The standard InChI is InChI=1S/C22H18Cl3NO3/c1-4-26-12(2)18(13-5-8-15(23)9-6-13)21(27)19(22(28)29-3)20(26)14-7-10-16(24)17(25)11-14/h5-11H,4H2,1-3H3. The number of aromatic nitrogens is 1. The number of hydrogen-bond donors (Lipinski definition) is 0. The highest BCUT2D eigenvalue weighted by Gasteiger charge is 2.26. The summed E-state index contributed by atoms with van der Waals surface area (Å²) in [6.07, 6.45) is 0. The van der Waals surface area contributed by atoms with Crippen LogP contribution in [0.15, 0.2) is 47.3 Å². The lowest BCUT2D eigenvalue weighted by Crippen LogP contribution is -2.26. The van der Waals surface area contributed by atoms with Crippen LogP contribution >= 0.6 is 34.8 Å². The minimum atomic E-state index is -0.714. The maximum atomic E-state index is 13.5. The number of benzene rings is 2. The van der Waals surface area contributed by atoms with E-state index in [1.54, 1.807) is 42.5 Å². The van der Waals surface area contributed by atoms with Gasteiger partial charge in [-0.2, -0.15) is 0 Å². The van der Waals surface area contributed by atoms with Crippen LogP contribution in [0.2, 0.25) is 15.1 Å². The molecule has 4 nitrogen and oxygen atoms in total. The molecule has 0 aliphatic carbocycles. The average molecular weight is 451 g/mol. The van der Waals surface area contributed by atoms with Crippen LogP contribution in [0, 0.1) is 6.92 Å². The Morgan fingerprint density at radius 1 is 1.00 bits per heavy atom. The molecule has 7 heteroatoms. The molecular formula is C22H18Cl3NO3. The molecule has 1 heterocycles. The van der Waals surface area contributed by atoms with E-state index in [1.165, 1.54) is 7.11 Å². The fraction of sp³-hybridized carbons (Fsp3) is 0.182. The third-order valence-corrected chi connectivity index (χ3v) is 5.75. The van der Waals surface area contributed by atoms with Gasteiger partial charge in [0, 0.05) is 28.4 Å². The molecule has 0 spiro atoms. The van der Waals surface area contributed by atoms with Crippen LogP contribution in [-0.2, 0) is 11.3 Å². The smallest absolute Gasteiger partial charge is 0.344 e. The van der Waals surface area contributed by atoms with Gasteiger partial charge in [-0.1, -0.05) is 53.0 Å². The van der Waals surface area contributed by atoms with Gasteiger partial charge < -0.3 is 9.30 Å². The summed E-state index contributed by atoms with van der Waals surface area (Å²) in [7, 11) is 1.25. The highest BCUT2D eigenvalue weighted by molar-refractivity contribution is 6.42. The molecule has 3 aromatic rings. The van der Waals surface area contributed by atoms with E-state index in [2.05, 4.69) is 0 Å². The third-order valence-electron chi connectivity index (χ3n) is 4.76. The van der Waals surface area contributed by atoms with E-state index >= 15 is 0 Å². The van der Waals surface area contributed by atoms with Crippen molar-refractivity contribution in [1.82, 2.24) is 4.57 Å². The van der Waals surface area contributed by atoms with Gasteiger partial charge in [-0.05, 0) is 43.7 Å². The monoisotopic (exact) mass is 449 g/mol. The summed E-state index contributed by atoms with van der Waals surface area (Å²) in [5, 5.41) is 1.27. The SMILES string of the molecule is CCn1c(C)c(-c2ccc(Cl)cc2)c(=O)c(C(=O)OC)c1-c1ccc(Cl)c(Cl)c1. The number of esters is 1. The van der Waals surface area contributed by atoms with E-state index in [0.29, 0.717) is 49.7 Å². The Labute approximate surface area is 183 Å². The maximum absolute atomic E-state index is 13.5. The number of carbonyl (C=O) groups is 1. The van der Waals surface area contributed by atoms with Crippen LogP contribution in [-0.4, -0.2) is 17.6 Å². The van der Waals surface area contributed by atoms with E-state index in [-0.39, 0.29) is 5.56 Å². The van der Waals surface area contributed by atoms with E-state index < -0.39 is 11.4 Å². The van der Waals surface area contributed by atoms with Crippen LogP contribution in [0.4, 0.5) is 0 Å². The molecule has 0 atom stereocenters. The van der Waals surface area contributed by atoms with Gasteiger partial charge in [-0.25, -0.2) is 4.79 Å². The number of nitrogens with zero attached hydrogens (tertiary/aromatic N) is 1. The molecular weight excluding hydrogens is 433 g/mol. The highest BCUT2D eigenvalue weighted by atomic mass is 35.5. The quantitative estimate of drug-likeness (QED) is 0.441. The summed E-state index contributed by atoms with van der Waals surface area (Å²) < 4.78 is 6.85. The van der Waals surface area contributed by atoms with Crippen molar-refractivity contribution in [2.24, 2.45) is 0 Å². The van der Waals surface area contributed by atoms with E-state index in [4.69, 9.17) is 39.5 Å². The molecule has 0 amide bonds. The first-order valence-electron chi connectivity index (χ1n) is 8.87. The first-order valence-corrected chi connectivity index (χ1v) is 10.0. The number of pyridine rings is 1. The van der Waals surface area contributed by atoms with Crippen molar-refractivity contribution in [3.63, 3.8) is 0 Å². The van der Waals surface area contributed by atoms with Gasteiger partial charge in [0.05, 0.1) is 22.8 Å². The Morgan fingerprint density at radius 2 is 1.62 bits per heavy atom. The number of ether oxygens (including phenoxy) is 1. The highest BCUT2D eigenvalue weighted by Crippen LogP contribution is 2.33. The predicted molar refractivity (Wildman–Crippen MR) is 118 cm³/mol. The molecule has 0 saturated heterocycles. The Bertz CT molecular complexity index is 1150.